The molecule has 0 saturated carbocycles. The monoisotopic (exact) mass is 269 g/mol. The molecule has 1 aromatic heterocycles. The van der Waals surface area contributed by atoms with E-state index in [0.29, 0.717) is 17.8 Å². The Hall–Kier alpha value is -1.04. The molecular formula is C12H23N5S. The van der Waals surface area contributed by atoms with Gasteiger partial charge in [-0.3, -0.25) is 0 Å². The van der Waals surface area contributed by atoms with E-state index < -0.39 is 0 Å². The molecule has 1 heterocycles. The second-order valence-electron chi connectivity index (χ2n) is 4.66. The number of thioether (sulfide) groups is 1. The number of nitrogens with zero attached hydrogens (tertiary/aromatic N) is 3. The second-order valence-corrected chi connectivity index (χ2v) is 5.64. The van der Waals surface area contributed by atoms with Gasteiger partial charge in [-0.2, -0.15) is 26.7 Å². The molecule has 3 N–H and O–H groups in total. The third-order valence-corrected chi connectivity index (χ3v) is 3.05. The summed E-state index contributed by atoms with van der Waals surface area (Å²) in [6, 6.07) is 0. The summed E-state index contributed by atoms with van der Waals surface area (Å²) >= 11 is 1.87. The lowest BCUT2D eigenvalue weighted by Crippen LogP contribution is -2.12. The van der Waals surface area contributed by atoms with Gasteiger partial charge in [0, 0.05) is 13.0 Å². The van der Waals surface area contributed by atoms with Crippen molar-refractivity contribution in [2.75, 3.05) is 29.6 Å². The molecule has 0 bridgehead atoms. The summed E-state index contributed by atoms with van der Waals surface area (Å²) in [5.74, 6) is 3.37. The van der Waals surface area contributed by atoms with Crippen LogP contribution in [0.2, 0.25) is 0 Å². The van der Waals surface area contributed by atoms with Crippen LogP contribution in [-0.4, -0.2) is 33.5 Å². The molecule has 6 heteroatoms. The molecule has 18 heavy (non-hydrogen) atoms. The zero-order chi connectivity index (χ0) is 13.4. The summed E-state index contributed by atoms with van der Waals surface area (Å²) in [7, 11) is 0. The fourth-order valence-electron chi connectivity index (χ4n) is 1.55. The van der Waals surface area contributed by atoms with Gasteiger partial charge >= 0.3 is 0 Å². The Labute approximate surface area is 113 Å². The van der Waals surface area contributed by atoms with E-state index in [1.54, 1.807) is 0 Å². The van der Waals surface area contributed by atoms with E-state index in [2.05, 4.69) is 40.4 Å². The predicted octanol–water partition coefficient (Wildman–Crippen LogP) is 2.21. The van der Waals surface area contributed by atoms with E-state index in [1.807, 2.05) is 11.8 Å². The van der Waals surface area contributed by atoms with Crippen molar-refractivity contribution in [2.24, 2.45) is 5.92 Å². The minimum Gasteiger partial charge on any atom is -0.368 e. The van der Waals surface area contributed by atoms with Gasteiger partial charge in [-0.1, -0.05) is 13.8 Å². The molecule has 0 amide bonds. The second kappa shape index (κ2) is 8.13. The third-order valence-electron chi connectivity index (χ3n) is 2.35. The minimum atomic E-state index is 0.298. The van der Waals surface area contributed by atoms with Crippen LogP contribution in [0.1, 0.15) is 32.5 Å². The average molecular weight is 269 g/mol. The molecule has 0 saturated heterocycles. The SMILES string of the molecule is CSCCCCNc1nc(N)nc(CC(C)C)n1. The molecule has 1 aromatic rings. The first-order chi connectivity index (χ1) is 8.61. The predicted molar refractivity (Wildman–Crippen MR) is 78.9 cm³/mol. The van der Waals surface area contributed by atoms with Crippen LogP contribution in [0, 0.1) is 5.92 Å². The van der Waals surface area contributed by atoms with Crippen LogP contribution in [-0.2, 0) is 6.42 Å². The lowest BCUT2D eigenvalue weighted by atomic mass is 10.1. The van der Waals surface area contributed by atoms with Gasteiger partial charge in [0.15, 0.2) is 0 Å². The average Bonchev–Trinajstić information content (AvgIpc) is 2.27. The van der Waals surface area contributed by atoms with Crippen molar-refractivity contribution >= 4 is 23.7 Å². The van der Waals surface area contributed by atoms with E-state index in [1.165, 1.54) is 12.2 Å². The van der Waals surface area contributed by atoms with Crippen molar-refractivity contribution < 1.29 is 0 Å². The molecule has 0 fully saturated rings. The molecule has 102 valence electrons. The Morgan fingerprint density at radius 2 is 2.00 bits per heavy atom. The van der Waals surface area contributed by atoms with Crippen LogP contribution >= 0.6 is 11.8 Å². The number of unbranched alkanes of at least 4 members (excludes halogenated alkanes) is 1. The first kappa shape index (κ1) is 15.0. The quantitative estimate of drug-likeness (QED) is 0.705. The molecule has 0 radical (unpaired) electrons. The Morgan fingerprint density at radius 3 is 2.67 bits per heavy atom. The summed E-state index contributed by atoms with van der Waals surface area (Å²) in [5.41, 5.74) is 5.68. The largest absolute Gasteiger partial charge is 0.368 e. The van der Waals surface area contributed by atoms with Crippen LogP contribution < -0.4 is 11.1 Å². The van der Waals surface area contributed by atoms with E-state index in [0.717, 1.165) is 25.2 Å². The number of aromatic nitrogens is 3. The Kier molecular flexibility index (Phi) is 6.78. The maximum absolute atomic E-state index is 5.68. The molecule has 5 nitrogen and oxygen atoms in total. The Balaban J connectivity index is 2.46. The van der Waals surface area contributed by atoms with Gasteiger partial charge in [-0.15, -0.1) is 0 Å². The Morgan fingerprint density at radius 1 is 1.22 bits per heavy atom. The fraction of sp³-hybridized carbons (Fsp3) is 0.750. The van der Waals surface area contributed by atoms with Crippen molar-refractivity contribution in [3.63, 3.8) is 0 Å². The Bertz CT molecular complexity index is 356. The van der Waals surface area contributed by atoms with Crippen LogP contribution in [0.5, 0.6) is 0 Å². The highest BCUT2D eigenvalue weighted by atomic mass is 32.2. The molecule has 1 rings (SSSR count). The number of nitrogen functional groups attached to an aromatic ring is 1. The number of rotatable bonds is 8. The van der Waals surface area contributed by atoms with E-state index in [4.69, 9.17) is 5.73 Å². The van der Waals surface area contributed by atoms with Gasteiger partial charge in [-0.05, 0) is 30.8 Å². The molecule has 0 aliphatic rings. The number of hydrogen-bond acceptors (Lipinski definition) is 6. The fourth-order valence-corrected chi connectivity index (χ4v) is 2.04. The molecule has 0 atom stereocenters. The van der Waals surface area contributed by atoms with Crippen LogP contribution in [0.15, 0.2) is 0 Å². The maximum atomic E-state index is 5.68. The van der Waals surface area contributed by atoms with Crippen LogP contribution in [0.3, 0.4) is 0 Å². The van der Waals surface area contributed by atoms with Crippen molar-refractivity contribution in [1.82, 2.24) is 15.0 Å². The highest BCUT2D eigenvalue weighted by Gasteiger charge is 2.05. The number of anilines is 2. The highest BCUT2D eigenvalue weighted by Crippen LogP contribution is 2.08. The standard InChI is InChI=1S/C12H23N5S/c1-9(2)8-10-15-11(13)17-12(16-10)14-6-4-5-7-18-3/h9H,4-8H2,1-3H3,(H3,13,14,15,16,17). The van der Waals surface area contributed by atoms with Gasteiger partial charge < -0.3 is 11.1 Å². The first-order valence-electron chi connectivity index (χ1n) is 6.35. The van der Waals surface area contributed by atoms with Crippen molar-refractivity contribution in [1.29, 1.82) is 0 Å². The lowest BCUT2D eigenvalue weighted by Gasteiger charge is -2.08. The normalized spacial score (nSPS) is 10.9. The number of nitrogens with two attached hydrogens (primary N) is 1. The van der Waals surface area contributed by atoms with Gasteiger partial charge in [0.25, 0.3) is 0 Å². The van der Waals surface area contributed by atoms with Gasteiger partial charge in [0.05, 0.1) is 0 Å². The summed E-state index contributed by atoms with van der Waals surface area (Å²) in [4.78, 5) is 12.6. The van der Waals surface area contributed by atoms with Crippen molar-refractivity contribution in [3.8, 4) is 0 Å². The zero-order valence-corrected chi connectivity index (χ0v) is 12.3. The van der Waals surface area contributed by atoms with Crippen molar-refractivity contribution in [2.45, 2.75) is 33.1 Å². The topological polar surface area (TPSA) is 76.7 Å². The van der Waals surface area contributed by atoms with E-state index in [9.17, 15) is 0 Å². The third kappa shape index (κ3) is 6.05. The molecule has 0 spiro atoms. The van der Waals surface area contributed by atoms with E-state index in [-0.39, 0.29) is 0 Å². The first-order valence-corrected chi connectivity index (χ1v) is 7.74. The molecule has 0 aromatic carbocycles. The molecule has 0 unspecified atom stereocenters. The smallest absolute Gasteiger partial charge is 0.227 e. The van der Waals surface area contributed by atoms with Gasteiger partial charge in [0.2, 0.25) is 11.9 Å². The van der Waals surface area contributed by atoms with Crippen LogP contribution in [0.4, 0.5) is 11.9 Å². The maximum Gasteiger partial charge on any atom is 0.227 e. The lowest BCUT2D eigenvalue weighted by molar-refractivity contribution is 0.619. The van der Waals surface area contributed by atoms with Crippen LogP contribution in [0.25, 0.3) is 0 Å². The molecule has 0 aliphatic carbocycles. The summed E-state index contributed by atoms with van der Waals surface area (Å²) in [6.07, 6.45) is 5.27. The highest BCUT2D eigenvalue weighted by molar-refractivity contribution is 7.98. The molecule has 0 aliphatic heterocycles. The van der Waals surface area contributed by atoms with E-state index >= 15 is 0 Å². The van der Waals surface area contributed by atoms with Crippen molar-refractivity contribution in [3.05, 3.63) is 5.82 Å². The number of nitrogens with one attached hydrogen (secondary N) is 1. The summed E-state index contributed by atoms with van der Waals surface area (Å²) in [5, 5.41) is 3.21. The summed E-state index contributed by atoms with van der Waals surface area (Å²) in [6.45, 7) is 5.15. The zero-order valence-electron chi connectivity index (χ0n) is 11.4. The minimum absolute atomic E-state index is 0.298. The number of hydrogen-bond donors (Lipinski definition) is 2. The van der Waals surface area contributed by atoms with Gasteiger partial charge in [0.1, 0.15) is 5.82 Å². The molecular weight excluding hydrogens is 246 g/mol. The summed E-state index contributed by atoms with van der Waals surface area (Å²) < 4.78 is 0. The van der Waals surface area contributed by atoms with Gasteiger partial charge in [-0.25, -0.2) is 0 Å².